The van der Waals surface area contributed by atoms with E-state index in [2.05, 4.69) is 10.6 Å². The van der Waals surface area contributed by atoms with Crippen LogP contribution in [0.25, 0.3) is 0 Å². The average molecular weight is 317 g/mol. The quantitative estimate of drug-likeness (QED) is 0.715. The second-order valence-electron chi connectivity index (χ2n) is 5.37. The van der Waals surface area contributed by atoms with Crippen LogP contribution in [0.5, 0.6) is 0 Å². The Morgan fingerprint density at radius 2 is 2.09 bits per heavy atom. The third-order valence-electron chi connectivity index (χ3n) is 3.99. The summed E-state index contributed by atoms with van der Waals surface area (Å²) in [4.78, 5) is 11.3. The molecule has 2 atom stereocenters. The van der Waals surface area contributed by atoms with Crippen LogP contribution in [0.2, 0.25) is 0 Å². The molecule has 4 N–H and O–H groups in total. The predicted octanol–water partition coefficient (Wildman–Crippen LogP) is 1.23. The van der Waals surface area contributed by atoms with E-state index in [4.69, 9.17) is 10.5 Å². The van der Waals surface area contributed by atoms with Gasteiger partial charge in [0.2, 0.25) is 0 Å². The molecule has 1 saturated heterocycles. The van der Waals surface area contributed by atoms with Gasteiger partial charge in [-0.1, -0.05) is 0 Å². The molecule has 0 unspecified atom stereocenters. The number of hydrogen-bond acceptors (Lipinski definition) is 3. The minimum atomic E-state index is -1.51. The number of carbonyl (C=O) groups is 1. The highest BCUT2D eigenvalue weighted by Crippen LogP contribution is 2.35. The van der Waals surface area contributed by atoms with Gasteiger partial charge in [0.15, 0.2) is 17.5 Å². The lowest BCUT2D eigenvalue weighted by atomic mass is 9.79. The Labute approximate surface area is 126 Å². The van der Waals surface area contributed by atoms with Crippen molar-refractivity contribution in [1.82, 2.24) is 10.6 Å². The first-order chi connectivity index (χ1) is 10.4. The highest BCUT2D eigenvalue weighted by Gasteiger charge is 2.44. The SMILES string of the molecule is COCC[C@@]1(NC(N)=O)CNC[C@H]1c1cc(F)c(F)c(F)c1. The average Bonchev–Trinajstić information content (AvgIpc) is 2.85. The molecule has 1 aromatic carbocycles. The van der Waals surface area contributed by atoms with Crippen LogP contribution >= 0.6 is 0 Å². The summed E-state index contributed by atoms with van der Waals surface area (Å²) in [5, 5.41) is 5.71. The van der Waals surface area contributed by atoms with Crippen molar-refractivity contribution < 1.29 is 22.7 Å². The third-order valence-corrected chi connectivity index (χ3v) is 3.99. The van der Waals surface area contributed by atoms with E-state index in [9.17, 15) is 18.0 Å². The molecule has 0 aromatic heterocycles. The van der Waals surface area contributed by atoms with Crippen molar-refractivity contribution in [3.8, 4) is 0 Å². The number of nitrogens with one attached hydrogen (secondary N) is 2. The Balaban J connectivity index is 2.39. The van der Waals surface area contributed by atoms with Gasteiger partial charge in [-0.15, -0.1) is 0 Å². The molecule has 1 aliphatic heterocycles. The topological polar surface area (TPSA) is 76.4 Å². The second-order valence-corrected chi connectivity index (χ2v) is 5.37. The van der Waals surface area contributed by atoms with Gasteiger partial charge in [0.05, 0.1) is 5.54 Å². The third kappa shape index (κ3) is 3.17. The molecule has 0 spiro atoms. The molecule has 0 bridgehead atoms. The van der Waals surface area contributed by atoms with Crippen molar-refractivity contribution in [1.29, 1.82) is 0 Å². The van der Waals surface area contributed by atoms with Gasteiger partial charge in [0.1, 0.15) is 0 Å². The maximum Gasteiger partial charge on any atom is 0.312 e. The van der Waals surface area contributed by atoms with Gasteiger partial charge in [-0.2, -0.15) is 0 Å². The molecule has 8 heteroatoms. The number of primary amides is 1. The first kappa shape index (κ1) is 16.6. The number of halogens is 3. The van der Waals surface area contributed by atoms with Gasteiger partial charge in [0, 0.05) is 32.7 Å². The van der Waals surface area contributed by atoms with E-state index in [1.54, 1.807) is 0 Å². The number of urea groups is 1. The van der Waals surface area contributed by atoms with Crippen molar-refractivity contribution in [2.24, 2.45) is 5.73 Å². The summed E-state index contributed by atoms with van der Waals surface area (Å²) >= 11 is 0. The van der Waals surface area contributed by atoms with Crippen molar-refractivity contribution in [3.63, 3.8) is 0 Å². The predicted molar refractivity (Wildman–Crippen MR) is 73.9 cm³/mol. The van der Waals surface area contributed by atoms with Crippen LogP contribution in [0, 0.1) is 17.5 Å². The molecule has 0 aliphatic carbocycles. The molecule has 2 rings (SSSR count). The summed E-state index contributed by atoms with van der Waals surface area (Å²) < 4.78 is 45.1. The summed E-state index contributed by atoms with van der Waals surface area (Å²) in [5.74, 6) is -4.50. The number of carbonyl (C=O) groups excluding carboxylic acids is 1. The Hall–Kier alpha value is -1.80. The molecule has 22 heavy (non-hydrogen) atoms. The fourth-order valence-electron chi connectivity index (χ4n) is 2.96. The molecule has 1 aliphatic rings. The van der Waals surface area contributed by atoms with Gasteiger partial charge >= 0.3 is 6.03 Å². The zero-order valence-electron chi connectivity index (χ0n) is 12.1. The fourth-order valence-corrected chi connectivity index (χ4v) is 2.96. The zero-order chi connectivity index (χ0) is 16.3. The maximum absolute atomic E-state index is 13.5. The van der Waals surface area contributed by atoms with E-state index in [0.717, 1.165) is 12.1 Å². The number of rotatable bonds is 5. The second kappa shape index (κ2) is 6.53. The number of hydrogen-bond donors (Lipinski definition) is 3. The van der Waals surface area contributed by atoms with Crippen molar-refractivity contribution >= 4 is 6.03 Å². The lowest BCUT2D eigenvalue weighted by molar-refractivity contribution is 0.154. The minimum absolute atomic E-state index is 0.256. The number of amides is 2. The summed E-state index contributed by atoms with van der Waals surface area (Å²) in [5.41, 5.74) is 4.63. The lowest BCUT2D eigenvalue weighted by Gasteiger charge is -2.35. The Kier molecular flexibility index (Phi) is 4.92. The normalized spacial score (nSPS) is 24.5. The first-order valence-corrected chi connectivity index (χ1v) is 6.81. The van der Waals surface area contributed by atoms with Crippen LogP contribution in [0.4, 0.5) is 18.0 Å². The number of ether oxygens (including phenoxy) is 1. The van der Waals surface area contributed by atoms with Gasteiger partial charge in [0.25, 0.3) is 0 Å². The van der Waals surface area contributed by atoms with E-state index in [1.807, 2.05) is 0 Å². The van der Waals surface area contributed by atoms with Crippen LogP contribution in [0.3, 0.4) is 0 Å². The minimum Gasteiger partial charge on any atom is -0.385 e. The molecule has 5 nitrogen and oxygen atoms in total. The fraction of sp³-hybridized carbons (Fsp3) is 0.500. The van der Waals surface area contributed by atoms with E-state index in [1.165, 1.54) is 7.11 Å². The van der Waals surface area contributed by atoms with Crippen LogP contribution < -0.4 is 16.4 Å². The Bertz CT molecular complexity index is 547. The van der Waals surface area contributed by atoms with Gasteiger partial charge < -0.3 is 21.1 Å². The Morgan fingerprint density at radius 1 is 1.45 bits per heavy atom. The van der Waals surface area contributed by atoms with Gasteiger partial charge in [-0.25, -0.2) is 18.0 Å². The molecule has 1 fully saturated rings. The molecule has 122 valence electrons. The van der Waals surface area contributed by atoms with Crippen LogP contribution in [0.15, 0.2) is 12.1 Å². The van der Waals surface area contributed by atoms with Crippen LogP contribution in [0.1, 0.15) is 17.9 Å². The van der Waals surface area contributed by atoms with Gasteiger partial charge in [-0.3, -0.25) is 0 Å². The maximum atomic E-state index is 13.5. The molecule has 1 aromatic rings. The summed E-state index contributed by atoms with van der Waals surface area (Å²) in [6.45, 7) is 1.06. The highest BCUT2D eigenvalue weighted by atomic mass is 19.2. The smallest absolute Gasteiger partial charge is 0.312 e. The van der Waals surface area contributed by atoms with E-state index in [-0.39, 0.29) is 5.56 Å². The highest BCUT2D eigenvalue weighted by molar-refractivity contribution is 5.73. The monoisotopic (exact) mass is 317 g/mol. The summed E-state index contributed by atoms with van der Waals surface area (Å²) in [7, 11) is 1.51. The van der Waals surface area contributed by atoms with E-state index < -0.39 is 34.9 Å². The van der Waals surface area contributed by atoms with Crippen molar-refractivity contribution in [2.75, 3.05) is 26.8 Å². The van der Waals surface area contributed by atoms with E-state index >= 15 is 0 Å². The standard InChI is InChI=1S/C14H18F3N3O2/c1-22-3-2-14(20-13(18)21)7-19-6-9(14)8-4-10(15)12(17)11(16)5-8/h4-5,9,19H,2-3,6-7H2,1H3,(H3,18,20,21)/t9-,14+/m0/s1. The van der Waals surface area contributed by atoms with Crippen LogP contribution in [-0.4, -0.2) is 38.4 Å². The largest absolute Gasteiger partial charge is 0.385 e. The van der Waals surface area contributed by atoms with Crippen LogP contribution in [-0.2, 0) is 4.74 Å². The van der Waals surface area contributed by atoms with Crippen molar-refractivity contribution in [3.05, 3.63) is 35.1 Å². The number of methoxy groups -OCH3 is 1. The molecular weight excluding hydrogens is 299 g/mol. The summed E-state index contributed by atoms with van der Waals surface area (Å²) in [6.07, 6.45) is 0.394. The molecule has 0 radical (unpaired) electrons. The zero-order valence-corrected chi connectivity index (χ0v) is 12.1. The molecular formula is C14H18F3N3O2. The number of benzene rings is 1. The first-order valence-electron chi connectivity index (χ1n) is 6.81. The number of nitrogens with two attached hydrogens (primary N) is 1. The summed E-state index contributed by atoms with van der Waals surface area (Å²) in [6, 6.07) is 1.15. The Morgan fingerprint density at radius 3 is 2.64 bits per heavy atom. The van der Waals surface area contributed by atoms with E-state index in [0.29, 0.717) is 26.1 Å². The molecule has 0 saturated carbocycles. The lowest BCUT2D eigenvalue weighted by Crippen LogP contribution is -2.55. The molecule has 1 heterocycles. The van der Waals surface area contributed by atoms with Gasteiger partial charge in [-0.05, 0) is 24.1 Å². The molecule has 2 amide bonds. The van der Waals surface area contributed by atoms with Crippen molar-refractivity contribution in [2.45, 2.75) is 17.9 Å².